The molecule has 2 nitrogen and oxygen atoms in total. The average molecular weight is 338 g/mol. The van der Waals surface area contributed by atoms with E-state index in [9.17, 15) is 4.79 Å². The van der Waals surface area contributed by atoms with Crippen molar-refractivity contribution in [2.75, 3.05) is 0 Å². The molecule has 0 amide bonds. The van der Waals surface area contributed by atoms with E-state index in [1.165, 1.54) is 6.08 Å². The number of rotatable bonds is 5. The quantitative estimate of drug-likeness (QED) is 0.457. The number of ether oxygens (including phenoxy) is 1. The molecule has 1 aliphatic rings. The van der Waals surface area contributed by atoms with Crippen LogP contribution in [-0.2, 0) is 9.53 Å². The lowest BCUT2D eigenvalue weighted by atomic mass is 10.0. The van der Waals surface area contributed by atoms with Crippen molar-refractivity contribution in [1.82, 2.24) is 0 Å². The Morgan fingerprint density at radius 3 is 2.00 bits per heavy atom. The van der Waals surface area contributed by atoms with Gasteiger partial charge in [-0.25, -0.2) is 4.79 Å². The van der Waals surface area contributed by atoms with E-state index in [0.717, 1.165) is 28.0 Å². The second-order valence-electron chi connectivity index (χ2n) is 6.15. The zero-order chi connectivity index (χ0) is 17.8. The SMILES string of the molecule is O=C(C=Cc1ccccc1)OC1=C(c2ccccc2)C1c1ccccc1. The number of allylic oxidation sites excluding steroid dienone is 2. The Labute approximate surface area is 153 Å². The lowest BCUT2D eigenvalue weighted by Gasteiger charge is -2.01. The molecule has 26 heavy (non-hydrogen) atoms. The van der Waals surface area contributed by atoms with Crippen LogP contribution in [0.3, 0.4) is 0 Å². The van der Waals surface area contributed by atoms with E-state index >= 15 is 0 Å². The third-order valence-electron chi connectivity index (χ3n) is 4.37. The van der Waals surface area contributed by atoms with E-state index in [4.69, 9.17) is 4.74 Å². The lowest BCUT2D eigenvalue weighted by Crippen LogP contribution is -1.97. The summed E-state index contributed by atoms with van der Waals surface area (Å²) in [5.41, 5.74) is 4.28. The maximum atomic E-state index is 12.3. The Hall–Kier alpha value is -3.39. The highest BCUT2D eigenvalue weighted by Crippen LogP contribution is 2.54. The number of carbonyl (C=O) groups excluding carboxylic acids is 1. The van der Waals surface area contributed by atoms with Crippen molar-refractivity contribution in [2.45, 2.75) is 5.92 Å². The first-order valence-electron chi connectivity index (χ1n) is 8.62. The van der Waals surface area contributed by atoms with Gasteiger partial charge in [-0.15, -0.1) is 0 Å². The fourth-order valence-corrected chi connectivity index (χ4v) is 3.08. The molecule has 2 heteroatoms. The molecule has 1 atom stereocenters. The van der Waals surface area contributed by atoms with Gasteiger partial charge in [0.2, 0.25) is 0 Å². The van der Waals surface area contributed by atoms with Crippen LogP contribution in [0, 0.1) is 0 Å². The Morgan fingerprint density at radius 2 is 1.35 bits per heavy atom. The van der Waals surface area contributed by atoms with Crippen LogP contribution in [0.4, 0.5) is 0 Å². The van der Waals surface area contributed by atoms with Gasteiger partial charge >= 0.3 is 5.97 Å². The van der Waals surface area contributed by atoms with Crippen LogP contribution in [0.5, 0.6) is 0 Å². The van der Waals surface area contributed by atoms with E-state index in [-0.39, 0.29) is 11.9 Å². The normalized spacial score (nSPS) is 15.9. The summed E-state index contributed by atoms with van der Waals surface area (Å²) in [5, 5.41) is 0. The summed E-state index contributed by atoms with van der Waals surface area (Å²) in [6.45, 7) is 0. The molecule has 0 aromatic heterocycles. The summed E-state index contributed by atoms with van der Waals surface area (Å²) in [4.78, 5) is 12.3. The lowest BCUT2D eigenvalue weighted by molar-refractivity contribution is -0.133. The van der Waals surface area contributed by atoms with Gasteiger partial charge in [0.1, 0.15) is 5.76 Å². The van der Waals surface area contributed by atoms with Crippen molar-refractivity contribution >= 4 is 17.6 Å². The summed E-state index contributed by atoms with van der Waals surface area (Å²) in [6, 6.07) is 29.9. The number of carbonyl (C=O) groups is 1. The molecule has 0 aliphatic heterocycles. The summed E-state index contributed by atoms with van der Waals surface area (Å²) in [5.74, 6) is 0.438. The molecular formula is C24H18O2. The van der Waals surface area contributed by atoms with Gasteiger partial charge in [-0.2, -0.15) is 0 Å². The number of hydrogen-bond acceptors (Lipinski definition) is 2. The van der Waals surface area contributed by atoms with Crippen molar-refractivity contribution in [1.29, 1.82) is 0 Å². The average Bonchev–Trinajstić information content (AvgIpc) is 3.42. The first kappa shape index (κ1) is 16.1. The highest BCUT2D eigenvalue weighted by Gasteiger charge is 2.42. The van der Waals surface area contributed by atoms with E-state index in [1.54, 1.807) is 6.08 Å². The summed E-state index contributed by atoms with van der Waals surface area (Å²) in [6.07, 6.45) is 3.25. The highest BCUT2D eigenvalue weighted by molar-refractivity contribution is 5.95. The predicted molar refractivity (Wildman–Crippen MR) is 104 cm³/mol. The topological polar surface area (TPSA) is 26.3 Å². The molecule has 1 unspecified atom stereocenters. The Morgan fingerprint density at radius 1 is 0.769 bits per heavy atom. The maximum Gasteiger partial charge on any atom is 0.335 e. The van der Waals surface area contributed by atoms with Crippen molar-refractivity contribution in [3.8, 4) is 0 Å². The van der Waals surface area contributed by atoms with Gasteiger partial charge < -0.3 is 4.74 Å². The minimum absolute atomic E-state index is 0.0488. The zero-order valence-corrected chi connectivity index (χ0v) is 14.2. The Balaban J connectivity index is 1.55. The molecule has 0 N–H and O–H groups in total. The van der Waals surface area contributed by atoms with Gasteiger partial charge in [-0.05, 0) is 22.8 Å². The summed E-state index contributed by atoms with van der Waals surface area (Å²) < 4.78 is 5.67. The molecule has 0 bridgehead atoms. The van der Waals surface area contributed by atoms with Crippen molar-refractivity contribution in [3.05, 3.63) is 120 Å². The molecule has 3 aromatic carbocycles. The second kappa shape index (κ2) is 7.24. The molecule has 3 aromatic rings. The predicted octanol–water partition coefficient (Wildman–Crippen LogP) is 5.45. The molecule has 0 spiro atoms. The summed E-state index contributed by atoms with van der Waals surface area (Å²) in [7, 11) is 0. The fourth-order valence-electron chi connectivity index (χ4n) is 3.08. The van der Waals surface area contributed by atoms with Gasteiger partial charge in [0.15, 0.2) is 0 Å². The van der Waals surface area contributed by atoms with Crippen molar-refractivity contribution in [3.63, 3.8) is 0 Å². The molecule has 4 rings (SSSR count). The molecule has 0 radical (unpaired) electrons. The third-order valence-corrected chi connectivity index (χ3v) is 4.37. The standard InChI is InChI=1S/C24H18O2/c25-21(17-16-18-10-4-1-5-11-18)26-24-22(19-12-6-2-7-13-19)23(24)20-14-8-3-9-15-20/h1-17,22H. The van der Waals surface area contributed by atoms with Crippen molar-refractivity contribution in [2.24, 2.45) is 0 Å². The van der Waals surface area contributed by atoms with E-state index in [1.807, 2.05) is 78.9 Å². The van der Waals surface area contributed by atoms with E-state index < -0.39 is 0 Å². The van der Waals surface area contributed by atoms with Gasteiger partial charge in [0.25, 0.3) is 0 Å². The van der Waals surface area contributed by atoms with Crippen LogP contribution >= 0.6 is 0 Å². The molecule has 126 valence electrons. The minimum atomic E-state index is -0.351. The van der Waals surface area contributed by atoms with E-state index in [2.05, 4.69) is 12.1 Å². The van der Waals surface area contributed by atoms with Crippen LogP contribution in [0.15, 0.2) is 103 Å². The van der Waals surface area contributed by atoms with Crippen LogP contribution in [0.2, 0.25) is 0 Å². The number of benzene rings is 3. The first-order chi connectivity index (χ1) is 12.8. The first-order valence-corrected chi connectivity index (χ1v) is 8.62. The summed E-state index contributed by atoms with van der Waals surface area (Å²) >= 11 is 0. The number of esters is 1. The Bertz CT molecular complexity index is 955. The molecule has 0 fully saturated rings. The molecular weight excluding hydrogens is 320 g/mol. The molecule has 0 saturated carbocycles. The van der Waals surface area contributed by atoms with Crippen LogP contribution in [0.25, 0.3) is 11.6 Å². The monoisotopic (exact) mass is 338 g/mol. The number of hydrogen-bond donors (Lipinski definition) is 0. The van der Waals surface area contributed by atoms with Crippen molar-refractivity contribution < 1.29 is 9.53 Å². The molecule has 0 saturated heterocycles. The highest BCUT2D eigenvalue weighted by atomic mass is 16.5. The van der Waals surface area contributed by atoms with Gasteiger partial charge in [-0.3, -0.25) is 0 Å². The zero-order valence-electron chi connectivity index (χ0n) is 14.2. The molecule has 1 aliphatic carbocycles. The Kier molecular flexibility index (Phi) is 4.48. The second-order valence-corrected chi connectivity index (χ2v) is 6.15. The van der Waals surface area contributed by atoms with Gasteiger partial charge in [0.05, 0.1) is 5.92 Å². The molecule has 0 heterocycles. The van der Waals surface area contributed by atoms with Gasteiger partial charge in [-0.1, -0.05) is 91.0 Å². The smallest absolute Gasteiger partial charge is 0.335 e. The maximum absolute atomic E-state index is 12.3. The van der Waals surface area contributed by atoms with E-state index in [0.29, 0.717) is 0 Å². The van der Waals surface area contributed by atoms with Crippen LogP contribution in [0.1, 0.15) is 22.6 Å². The largest absolute Gasteiger partial charge is 0.427 e. The fraction of sp³-hybridized carbons (Fsp3) is 0.0417. The van der Waals surface area contributed by atoms with Gasteiger partial charge in [0, 0.05) is 11.6 Å². The minimum Gasteiger partial charge on any atom is -0.427 e. The van der Waals surface area contributed by atoms with Crippen LogP contribution in [-0.4, -0.2) is 5.97 Å². The third kappa shape index (κ3) is 3.50. The van der Waals surface area contributed by atoms with Crippen LogP contribution < -0.4 is 0 Å².